The molecule has 0 saturated carbocycles. The Bertz CT molecular complexity index is 702. The largest absolute Gasteiger partial charge is 0.478 e. The number of amides is 1. The van der Waals surface area contributed by atoms with Crippen molar-refractivity contribution in [3.8, 4) is 0 Å². The lowest BCUT2D eigenvalue weighted by Crippen LogP contribution is -2.30. The van der Waals surface area contributed by atoms with Crippen molar-refractivity contribution in [1.82, 2.24) is 10.5 Å². The number of carboxylic acid groups (broad SMARTS) is 1. The third-order valence-electron chi connectivity index (χ3n) is 3.78. The molecule has 0 radical (unpaired) electrons. The topological polar surface area (TPSA) is 92.4 Å². The molecule has 0 aliphatic rings. The Kier molecular flexibility index (Phi) is 5.16. The summed E-state index contributed by atoms with van der Waals surface area (Å²) in [6, 6.07) is 6.31. The number of nitrogens with one attached hydrogen (secondary N) is 1. The number of hydrogen-bond acceptors (Lipinski definition) is 4. The Morgan fingerprint density at radius 2 is 2.00 bits per heavy atom. The van der Waals surface area contributed by atoms with Crippen molar-refractivity contribution in [2.75, 3.05) is 0 Å². The summed E-state index contributed by atoms with van der Waals surface area (Å²) in [6.45, 7) is 5.60. The molecule has 6 heteroatoms. The number of carboxylic acids is 1. The monoisotopic (exact) mass is 316 g/mol. The molecule has 1 amide bonds. The minimum Gasteiger partial charge on any atom is -0.478 e. The molecule has 1 aromatic heterocycles. The van der Waals surface area contributed by atoms with E-state index in [0.717, 1.165) is 11.3 Å². The fraction of sp³-hybridized carbons (Fsp3) is 0.353. The van der Waals surface area contributed by atoms with E-state index in [1.807, 2.05) is 20.8 Å². The molecule has 0 saturated heterocycles. The molecule has 1 unspecified atom stereocenters. The summed E-state index contributed by atoms with van der Waals surface area (Å²) in [5.74, 6) is -0.586. The Morgan fingerprint density at radius 1 is 1.30 bits per heavy atom. The van der Waals surface area contributed by atoms with Crippen molar-refractivity contribution in [3.05, 3.63) is 52.4 Å². The molecule has 2 aromatic rings. The minimum absolute atomic E-state index is 0.0162. The number of carbonyl (C=O) groups excluding carboxylic acids is 1. The van der Waals surface area contributed by atoms with E-state index in [1.54, 1.807) is 18.2 Å². The molecule has 122 valence electrons. The molecule has 23 heavy (non-hydrogen) atoms. The average Bonchev–Trinajstić information content (AvgIpc) is 2.84. The van der Waals surface area contributed by atoms with Crippen LogP contribution in [0.4, 0.5) is 0 Å². The van der Waals surface area contributed by atoms with E-state index in [2.05, 4.69) is 10.5 Å². The first kappa shape index (κ1) is 16.7. The van der Waals surface area contributed by atoms with Crippen molar-refractivity contribution >= 4 is 11.9 Å². The first-order chi connectivity index (χ1) is 10.9. The van der Waals surface area contributed by atoms with Gasteiger partial charge in [-0.3, -0.25) is 4.79 Å². The van der Waals surface area contributed by atoms with E-state index in [-0.39, 0.29) is 23.9 Å². The van der Waals surface area contributed by atoms with Crippen LogP contribution in [0.15, 0.2) is 28.8 Å². The van der Waals surface area contributed by atoms with E-state index in [4.69, 9.17) is 4.52 Å². The zero-order valence-corrected chi connectivity index (χ0v) is 13.4. The lowest BCUT2D eigenvalue weighted by molar-refractivity contribution is -0.121. The highest BCUT2D eigenvalue weighted by atomic mass is 16.5. The first-order valence-corrected chi connectivity index (χ1v) is 7.47. The van der Waals surface area contributed by atoms with Crippen molar-refractivity contribution in [1.29, 1.82) is 0 Å². The highest BCUT2D eigenvalue weighted by Crippen LogP contribution is 2.24. The maximum atomic E-state index is 12.3. The van der Waals surface area contributed by atoms with Crippen molar-refractivity contribution in [2.45, 2.75) is 39.7 Å². The Balaban J connectivity index is 2.14. The third-order valence-corrected chi connectivity index (χ3v) is 3.78. The molecule has 0 bridgehead atoms. The molecule has 0 spiro atoms. The summed E-state index contributed by atoms with van der Waals surface area (Å²) in [7, 11) is 0. The third kappa shape index (κ3) is 3.77. The van der Waals surface area contributed by atoms with Crippen LogP contribution in [0.3, 0.4) is 0 Å². The highest BCUT2D eigenvalue weighted by Gasteiger charge is 2.21. The number of carbonyl (C=O) groups is 2. The van der Waals surface area contributed by atoms with Gasteiger partial charge in [0.05, 0.1) is 23.7 Å². The summed E-state index contributed by atoms with van der Waals surface area (Å²) >= 11 is 0. The van der Waals surface area contributed by atoms with Gasteiger partial charge in [0, 0.05) is 5.56 Å². The Labute approximate surface area is 134 Å². The van der Waals surface area contributed by atoms with E-state index >= 15 is 0 Å². The quantitative estimate of drug-likeness (QED) is 0.855. The van der Waals surface area contributed by atoms with Gasteiger partial charge in [0.1, 0.15) is 5.76 Å². The van der Waals surface area contributed by atoms with Gasteiger partial charge in [-0.25, -0.2) is 4.79 Å². The SMILES string of the molecule is CCC(NC(=O)Cc1ccccc1C(=O)O)c1c(C)noc1C. The second kappa shape index (κ2) is 7.09. The fourth-order valence-electron chi connectivity index (χ4n) is 2.67. The number of rotatable bonds is 6. The van der Waals surface area contributed by atoms with Gasteiger partial charge >= 0.3 is 5.97 Å². The summed E-state index contributed by atoms with van der Waals surface area (Å²) in [5, 5.41) is 16.0. The Hall–Kier alpha value is -2.63. The van der Waals surface area contributed by atoms with E-state index in [9.17, 15) is 14.7 Å². The fourth-order valence-corrected chi connectivity index (χ4v) is 2.67. The molecule has 1 atom stereocenters. The minimum atomic E-state index is -1.04. The van der Waals surface area contributed by atoms with Crippen LogP contribution in [-0.2, 0) is 11.2 Å². The molecular weight excluding hydrogens is 296 g/mol. The molecule has 1 aromatic carbocycles. The first-order valence-electron chi connectivity index (χ1n) is 7.47. The maximum Gasteiger partial charge on any atom is 0.335 e. The van der Waals surface area contributed by atoms with Gasteiger partial charge in [-0.2, -0.15) is 0 Å². The van der Waals surface area contributed by atoms with Gasteiger partial charge in [-0.1, -0.05) is 30.3 Å². The average molecular weight is 316 g/mol. The number of aromatic carboxylic acids is 1. The van der Waals surface area contributed by atoms with Crippen molar-refractivity contribution < 1.29 is 19.2 Å². The van der Waals surface area contributed by atoms with Crippen LogP contribution in [0, 0.1) is 13.8 Å². The molecule has 2 rings (SSSR count). The van der Waals surface area contributed by atoms with Crippen LogP contribution in [-0.4, -0.2) is 22.1 Å². The number of aryl methyl sites for hydroxylation is 2. The number of hydrogen-bond donors (Lipinski definition) is 2. The summed E-state index contributed by atoms with van der Waals surface area (Å²) in [4.78, 5) is 23.5. The molecule has 2 N–H and O–H groups in total. The summed E-state index contributed by atoms with van der Waals surface area (Å²) in [6.07, 6.45) is 0.706. The second-order valence-corrected chi connectivity index (χ2v) is 5.41. The zero-order chi connectivity index (χ0) is 17.0. The van der Waals surface area contributed by atoms with Gasteiger partial charge in [0.25, 0.3) is 0 Å². The second-order valence-electron chi connectivity index (χ2n) is 5.41. The van der Waals surface area contributed by atoms with Gasteiger partial charge in [0.2, 0.25) is 5.91 Å². The van der Waals surface area contributed by atoms with Crippen LogP contribution in [0.2, 0.25) is 0 Å². The van der Waals surface area contributed by atoms with Crippen LogP contribution >= 0.6 is 0 Å². The molecule has 1 heterocycles. The zero-order valence-electron chi connectivity index (χ0n) is 13.4. The van der Waals surface area contributed by atoms with Crippen LogP contribution in [0.1, 0.15) is 52.3 Å². The van der Waals surface area contributed by atoms with Gasteiger partial charge in [-0.15, -0.1) is 0 Å². The molecule has 0 aliphatic carbocycles. The lowest BCUT2D eigenvalue weighted by atomic mass is 10.0. The van der Waals surface area contributed by atoms with Crippen molar-refractivity contribution in [3.63, 3.8) is 0 Å². The predicted molar refractivity (Wildman–Crippen MR) is 84.3 cm³/mol. The van der Waals surface area contributed by atoms with Crippen molar-refractivity contribution in [2.24, 2.45) is 0 Å². The van der Waals surface area contributed by atoms with Crippen LogP contribution in [0.5, 0.6) is 0 Å². The maximum absolute atomic E-state index is 12.3. The van der Waals surface area contributed by atoms with E-state index in [0.29, 0.717) is 17.7 Å². The molecule has 0 aliphatic heterocycles. The lowest BCUT2D eigenvalue weighted by Gasteiger charge is -2.17. The highest BCUT2D eigenvalue weighted by molar-refractivity contribution is 5.91. The standard InChI is InChI=1S/C17H20N2O4/c1-4-14(16-10(2)19-23-11(16)3)18-15(20)9-12-7-5-6-8-13(12)17(21)22/h5-8,14H,4,9H2,1-3H3,(H,18,20)(H,21,22). The molecule has 0 fully saturated rings. The Morgan fingerprint density at radius 3 is 2.57 bits per heavy atom. The van der Waals surface area contributed by atoms with E-state index in [1.165, 1.54) is 6.07 Å². The van der Waals surface area contributed by atoms with Gasteiger partial charge in [0.15, 0.2) is 0 Å². The normalized spacial score (nSPS) is 12.0. The van der Waals surface area contributed by atoms with Gasteiger partial charge in [-0.05, 0) is 31.9 Å². The smallest absolute Gasteiger partial charge is 0.335 e. The molecular formula is C17H20N2O4. The number of aromatic nitrogens is 1. The van der Waals surface area contributed by atoms with Crippen LogP contribution < -0.4 is 5.32 Å². The summed E-state index contributed by atoms with van der Waals surface area (Å²) < 4.78 is 5.15. The predicted octanol–water partition coefficient (Wildman–Crippen LogP) is 2.80. The molecule has 6 nitrogen and oxygen atoms in total. The number of benzene rings is 1. The summed E-state index contributed by atoms with van der Waals surface area (Å²) in [5.41, 5.74) is 2.27. The van der Waals surface area contributed by atoms with Gasteiger partial charge < -0.3 is 14.9 Å². The van der Waals surface area contributed by atoms with Crippen LogP contribution in [0.25, 0.3) is 0 Å². The number of nitrogens with zero attached hydrogens (tertiary/aromatic N) is 1. The van der Waals surface area contributed by atoms with E-state index < -0.39 is 5.97 Å².